The van der Waals surface area contributed by atoms with E-state index in [1.165, 1.54) is 23.4 Å². The van der Waals surface area contributed by atoms with Gasteiger partial charge >= 0.3 is 0 Å². The molecule has 166 valence electrons. The quantitative estimate of drug-likeness (QED) is 0.718. The third-order valence-corrected chi connectivity index (χ3v) is 7.29. The van der Waals surface area contributed by atoms with Gasteiger partial charge in [-0.3, -0.25) is 4.79 Å². The molecule has 11 heteroatoms. The molecule has 0 bridgehead atoms. The van der Waals surface area contributed by atoms with E-state index in [1.54, 1.807) is 18.3 Å². The van der Waals surface area contributed by atoms with Crippen LogP contribution in [0.2, 0.25) is 0 Å². The van der Waals surface area contributed by atoms with Crippen molar-refractivity contribution < 1.29 is 17.9 Å². The SMILES string of the molecule is CC(=O)Nc1ccc(S(=O)(=O)N2CCN(c3cc(N4CCOCC4)cnn3)CC2)cc1. The molecule has 2 fully saturated rings. The molecule has 0 atom stereocenters. The van der Waals surface area contributed by atoms with Crippen molar-refractivity contribution in [3.05, 3.63) is 36.5 Å². The molecular formula is C20H26N6O4S. The largest absolute Gasteiger partial charge is 0.378 e. The highest BCUT2D eigenvalue weighted by molar-refractivity contribution is 7.89. The number of carbonyl (C=O) groups is 1. The van der Waals surface area contributed by atoms with Gasteiger partial charge in [0.25, 0.3) is 0 Å². The summed E-state index contributed by atoms with van der Waals surface area (Å²) in [6, 6.07) is 8.23. The Hall–Kier alpha value is -2.76. The summed E-state index contributed by atoms with van der Waals surface area (Å²) in [6.45, 7) is 6.22. The number of benzene rings is 1. The van der Waals surface area contributed by atoms with Gasteiger partial charge in [0.2, 0.25) is 15.9 Å². The lowest BCUT2D eigenvalue weighted by molar-refractivity contribution is -0.114. The van der Waals surface area contributed by atoms with E-state index in [1.807, 2.05) is 6.07 Å². The minimum atomic E-state index is -3.60. The molecule has 3 heterocycles. The van der Waals surface area contributed by atoms with Crippen LogP contribution in [-0.4, -0.2) is 81.3 Å². The summed E-state index contributed by atoms with van der Waals surface area (Å²) in [6.07, 6.45) is 1.75. The van der Waals surface area contributed by atoms with E-state index in [9.17, 15) is 13.2 Å². The molecule has 10 nitrogen and oxygen atoms in total. The van der Waals surface area contributed by atoms with Crippen LogP contribution in [0.3, 0.4) is 0 Å². The number of anilines is 3. The number of morpholine rings is 1. The van der Waals surface area contributed by atoms with Crippen LogP contribution in [0.5, 0.6) is 0 Å². The molecule has 0 aliphatic carbocycles. The molecule has 1 amide bonds. The fourth-order valence-electron chi connectivity index (χ4n) is 3.71. The summed E-state index contributed by atoms with van der Waals surface area (Å²) in [5.41, 5.74) is 1.57. The molecule has 0 saturated carbocycles. The van der Waals surface area contributed by atoms with E-state index < -0.39 is 10.0 Å². The molecule has 1 N–H and O–H groups in total. The predicted octanol–water partition coefficient (Wildman–Crippen LogP) is 0.783. The topological polar surface area (TPSA) is 108 Å². The lowest BCUT2D eigenvalue weighted by Gasteiger charge is -2.35. The van der Waals surface area contributed by atoms with Crippen molar-refractivity contribution in [3.8, 4) is 0 Å². The number of aromatic nitrogens is 2. The average molecular weight is 447 g/mol. The van der Waals surface area contributed by atoms with Crippen LogP contribution in [0.15, 0.2) is 41.4 Å². The summed E-state index contributed by atoms with van der Waals surface area (Å²) in [5.74, 6) is 0.549. The standard InChI is InChI=1S/C20H26N6O4S/c1-16(27)22-17-2-4-19(5-3-17)31(28,29)26-8-6-25(7-9-26)20-14-18(15-21-23-20)24-10-12-30-13-11-24/h2-5,14-15H,6-13H2,1H3,(H,22,27). The number of amides is 1. The molecule has 4 rings (SSSR count). The molecule has 0 unspecified atom stereocenters. The summed E-state index contributed by atoms with van der Waals surface area (Å²) in [5, 5.41) is 11.0. The predicted molar refractivity (Wildman–Crippen MR) is 117 cm³/mol. The van der Waals surface area contributed by atoms with Gasteiger partial charge in [-0.1, -0.05) is 0 Å². The zero-order chi connectivity index (χ0) is 21.8. The van der Waals surface area contributed by atoms with Gasteiger partial charge in [-0.2, -0.15) is 9.40 Å². The van der Waals surface area contributed by atoms with Gasteiger partial charge < -0.3 is 19.9 Å². The number of carbonyl (C=O) groups excluding carboxylic acids is 1. The van der Waals surface area contributed by atoms with Crippen molar-refractivity contribution >= 4 is 33.1 Å². The van der Waals surface area contributed by atoms with Gasteiger partial charge in [-0.05, 0) is 24.3 Å². The highest BCUT2D eigenvalue weighted by Gasteiger charge is 2.29. The lowest BCUT2D eigenvalue weighted by atomic mass is 10.3. The average Bonchev–Trinajstić information content (AvgIpc) is 2.80. The molecule has 1 aromatic carbocycles. The number of nitrogens with one attached hydrogen (secondary N) is 1. The molecule has 1 aromatic heterocycles. The van der Waals surface area contributed by atoms with E-state index in [4.69, 9.17) is 4.74 Å². The van der Waals surface area contributed by atoms with Crippen LogP contribution in [0.4, 0.5) is 17.2 Å². The van der Waals surface area contributed by atoms with Gasteiger partial charge in [0.1, 0.15) is 0 Å². The Morgan fingerprint density at radius 2 is 1.68 bits per heavy atom. The molecule has 0 spiro atoms. The van der Waals surface area contributed by atoms with Gasteiger partial charge in [0, 0.05) is 57.9 Å². The fraction of sp³-hybridized carbons (Fsp3) is 0.450. The number of rotatable bonds is 5. The van der Waals surface area contributed by atoms with Gasteiger partial charge in [-0.15, -0.1) is 5.10 Å². The van der Waals surface area contributed by atoms with Crippen molar-refractivity contribution in [2.75, 3.05) is 67.6 Å². The van der Waals surface area contributed by atoms with E-state index in [-0.39, 0.29) is 10.8 Å². The Balaban J connectivity index is 1.40. The van der Waals surface area contributed by atoms with E-state index in [2.05, 4.69) is 25.3 Å². The maximum atomic E-state index is 13.0. The van der Waals surface area contributed by atoms with Crippen molar-refractivity contribution in [3.63, 3.8) is 0 Å². The van der Waals surface area contributed by atoms with Crippen molar-refractivity contribution in [1.29, 1.82) is 0 Å². The number of nitrogens with zero attached hydrogens (tertiary/aromatic N) is 5. The number of piperazine rings is 1. The molecule has 2 saturated heterocycles. The summed E-state index contributed by atoms with van der Waals surface area (Å²) in [7, 11) is -3.60. The summed E-state index contributed by atoms with van der Waals surface area (Å²) < 4.78 is 32.9. The molecular weight excluding hydrogens is 420 g/mol. The van der Waals surface area contributed by atoms with E-state index in [0.29, 0.717) is 45.1 Å². The summed E-state index contributed by atoms with van der Waals surface area (Å²) >= 11 is 0. The Kier molecular flexibility index (Phi) is 6.35. The third-order valence-electron chi connectivity index (χ3n) is 5.38. The van der Waals surface area contributed by atoms with Crippen molar-refractivity contribution in [1.82, 2.24) is 14.5 Å². The highest BCUT2D eigenvalue weighted by atomic mass is 32.2. The number of hydrogen-bond acceptors (Lipinski definition) is 8. The molecule has 0 radical (unpaired) electrons. The molecule has 31 heavy (non-hydrogen) atoms. The third kappa shape index (κ3) is 4.94. The maximum Gasteiger partial charge on any atom is 0.243 e. The Morgan fingerprint density at radius 3 is 2.32 bits per heavy atom. The number of hydrogen-bond donors (Lipinski definition) is 1. The summed E-state index contributed by atoms with van der Waals surface area (Å²) in [4.78, 5) is 15.6. The fourth-order valence-corrected chi connectivity index (χ4v) is 5.14. The lowest BCUT2D eigenvalue weighted by Crippen LogP contribution is -2.49. The number of sulfonamides is 1. The zero-order valence-electron chi connectivity index (χ0n) is 17.4. The van der Waals surface area contributed by atoms with Crippen LogP contribution in [0.25, 0.3) is 0 Å². The van der Waals surface area contributed by atoms with Crippen LogP contribution in [0.1, 0.15) is 6.92 Å². The van der Waals surface area contributed by atoms with Crippen molar-refractivity contribution in [2.45, 2.75) is 11.8 Å². The Morgan fingerprint density at radius 1 is 1.00 bits per heavy atom. The minimum Gasteiger partial charge on any atom is -0.378 e. The first-order valence-corrected chi connectivity index (χ1v) is 11.7. The first kappa shape index (κ1) is 21.5. The first-order valence-electron chi connectivity index (χ1n) is 10.2. The van der Waals surface area contributed by atoms with Gasteiger partial charge in [-0.25, -0.2) is 8.42 Å². The second-order valence-corrected chi connectivity index (χ2v) is 9.41. The van der Waals surface area contributed by atoms with Crippen LogP contribution in [-0.2, 0) is 19.6 Å². The molecule has 2 aliphatic rings. The highest BCUT2D eigenvalue weighted by Crippen LogP contribution is 2.24. The van der Waals surface area contributed by atoms with Gasteiger partial charge in [0.05, 0.1) is 30.0 Å². The molecule has 2 aliphatic heterocycles. The van der Waals surface area contributed by atoms with Crippen LogP contribution >= 0.6 is 0 Å². The molecule has 2 aromatic rings. The van der Waals surface area contributed by atoms with E-state index in [0.717, 1.165) is 24.6 Å². The smallest absolute Gasteiger partial charge is 0.243 e. The second kappa shape index (κ2) is 9.16. The minimum absolute atomic E-state index is 0.201. The normalized spacial score (nSPS) is 18.1. The van der Waals surface area contributed by atoms with Crippen LogP contribution in [0, 0.1) is 0 Å². The van der Waals surface area contributed by atoms with Crippen molar-refractivity contribution in [2.24, 2.45) is 0 Å². The van der Waals surface area contributed by atoms with Crippen LogP contribution < -0.4 is 15.1 Å². The Bertz CT molecular complexity index is 1020. The first-order chi connectivity index (χ1) is 14.9. The monoisotopic (exact) mass is 446 g/mol. The Labute approximate surface area is 181 Å². The second-order valence-electron chi connectivity index (χ2n) is 7.47. The van der Waals surface area contributed by atoms with E-state index >= 15 is 0 Å². The maximum absolute atomic E-state index is 13.0. The number of ether oxygens (including phenoxy) is 1. The van der Waals surface area contributed by atoms with Gasteiger partial charge in [0.15, 0.2) is 5.82 Å². The zero-order valence-corrected chi connectivity index (χ0v) is 18.2.